The maximum atomic E-state index is 12.5. The molecule has 0 saturated heterocycles. The summed E-state index contributed by atoms with van der Waals surface area (Å²) in [4.78, 5) is 20.2. The van der Waals surface area contributed by atoms with Gasteiger partial charge in [0.15, 0.2) is 0 Å². The maximum Gasteiger partial charge on any atom is 0.269 e. The Morgan fingerprint density at radius 3 is 2.64 bits per heavy atom. The van der Waals surface area contributed by atoms with E-state index in [9.17, 15) is 4.79 Å². The van der Waals surface area contributed by atoms with Crippen molar-refractivity contribution in [2.45, 2.75) is 13.0 Å². The molecule has 4 aromatic rings. The minimum atomic E-state index is -0.247. The van der Waals surface area contributed by atoms with Gasteiger partial charge in [0.1, 0.15) is 11.5 Å². The molecule has 2 aromatic carbocycles. The van der Waals surface area contributed by atoms with Gasteiger partial charge in [0.2, 0.25) is 0 Å². The zero-order valence-corrected chi connectivity index (χ0v) is 13.7. The molecular weight excluding hydrogens is 314 g/mol. The summed E-state index contributed by atoms with van der Waals surface area (Å²) >= 11 is 0. The lowest BCUT2D eigenvalue weighted by atomic mass is 10.1. The number of aromatic amines is 2. The van der Waals surface area contributed by atoms with E-state index in [0.717, 1.165) is 28.1 Å². The summed E-state index contributed by atoms with van der Waals surface area (Å²) in [6, 6.07) is 19.0. The maximum absolute atomic E-state index is 12.5. The van der Waals surface area contributed by atoms with Crippen molar-refractivity contribution < 1.29 is 4.79 Å². The van der Waals surface area contributed by atoms with Crippen molar-refractivity contribution in [1.82, 2.24) is 25.5 Å². The number of amides is 1. The van der Waals surface area contributed by atoms with E-state index < -0.39 is 0 Å². The predicted octanol–water partition coefficient (Wildman–Crippen LogP) is 3.44. The molecule has 1 atom stereocenters. The van der Waals surface area contributed by atoms with Gasteiger partial charge in [-0.2, -0.15) is 5.10 Å². The molecule has 124 valence electrons. The molecule has 6 heteroatoms. The van der Waals surface area contributed by atoms with Gasteiger partial charge in [-0.3, -0.25) is 9.89 Å². The van der Waals surface area contributed by atoms with Gasteiger partial charge in [-0.25, -0.2) is 4.98 Å². The Morgan fingerprint density at radius 2 is 1.84 bits per heavy atom. The van der Waals surface area contributed by atoms with Gasteiger partial charge in [0, 0.05) is 5.56 Å². The van der Waals surface area contributed by atoms with E-state index in [2.05, 4.69) is 25.5 Å². The molecule has 1 unspecified atom stereocenters. The third-order valence-electron chi connectivity index (χ3n) is 4.06. The first-order valence-electron chi connectivity index (χ1n) is 8.07. The lowest BCUT2D eigenvalue weighted by molar-refractivity contribution is 0.0933. The van der Waals surface area contributed by atoms with Gasteiger partial charge < -0.3 is 10.3 Å². The van der Waals surface area contributed by atoms with Crippen LogP contribution in [0.1, 0.15) is 29.3 Å². The number of hydrogen-bond acceptors (Lipinski definition) is 3. The normalized spacial score (nSPS) is 12.2. The molecule has 0 saturated carbocycles. The number of para-hydroxylation sites is 2. The first-order valence-corrected chi connectivity index (χ1v) is 8.07. The smallest absolute Gasteiger partial charge is 0.269 e. The summed E-state index contributed by atoms with van der Waals surface area (Å²) in [6.45, 7) is 1.89. The highest BCUT2D eigenvalue weighted by Crippen LogP contribution is 2.18. The van der Waals surface area contributed by atoms with Gasteiger partial charge in [-0.1, -0.05) is 42.5 Å². The number of rotatable bonds is 4. The Balaban J connectivity index is 1.51. The fourth-order valence-electron chi connectivity index (χ4n) is 2.72. The molecule has 2 heterocycles. The molecule has 1 amide bonds. The highest BCUT2D eigenvalue weighted by atomic mass is 16.2. The molecule has 0 aliphatic heterocycles. The largest absolute Gasteiger partial charge is 0.341 e. The van der Waals surface area contributed by atoms with Crippen LogP contribution in [0.25, 0.3) is 22.3 Å². The van der Waals surface area contributed by atoms with Crippen molar-refractivity contribution in [3.63, 3.8) is 0 Å². The lowest BCUT2D eigenvalue weighted by Crippen LogP contribution is -2.27. The number of imidazole rings is 1. The third kappa shape index (κ3) is 3.01. The molecule has 4 rings (SSSR count). The molecule has 0 spiro atoms. The Labute approximate surface area is 144 Å². The second-order valence-electron chi connectivity index (χ2n) is 5.87. The Morgan fingerprint density at radius 1 is 1.08 bits per heavy atom. The zero-order valence-electron chi connectivity index (χ0n) is 13.7. The first kappa shape index (κ1) is 15.1. The Bertz CT molecular complexity index is 985. The average molecular weight is 331 g/mol. The van der Waals surface area contributed by atoms with Crippen LogP contribution in [-0.2, 0) is 0 Å². The number of fused-ring (bicyclic) bond motifs is 1. The third-order valence-corrected chi connectivity index (χ3v) is 4.06. The van der Waals surface area contributed by atoms with E-state index in [1.807, 2.05) is 61.5 Å². The summed E-state index contributed by atoms with van der Waals surface area (Å²) < 4.78 is 0. The highest BCUT2D eigenvalue weighted by molar-refractivity contribution is 5.93. The number of H-pyrrole nitrogens is 2. The van der Waals surface area contributed by atoms with Crippen molar-refractivity contribution in [3.8, 4) is 11.3 Å². The van der Waals surface area contributed by atoms with Gasteiger partial charge in [0.25, 0.3) is 5.91 Å². The van der Waals surface area contributed by atoms with Crippen LogP contribution < -0.4 is 5.32 Å². The zero-order chi connectivity index (χ0) is 17.2. The van der Waals surface area contributed by atoms with Crippen molar-refractivity contribution in [2.75, 3.05) is 0 Å². The number of carbonyl (C=O) groups is 1. The summed E-state index contributed by atoms with van der Waals surface area (Å²) in [5.41, 5.74) is 3.95. The Kier molecular flexibility index (Phi) is 3.78. The minimum Gasteiger partial charge on any atom is -0.341 e. The second-order valence-corrected chi connectivity index (χ2v) is 5.87. The second kappa shape index (κ2) is 6.24. The summed E-state index contributed by atoms with van der Waals surface area (Å²) in [7, 11) is 0. The van der Waals surface area contributed by atoms with Crippen molar-refractivity contribution >= 4 is 16.9 Å². The van der Waals surface area contributed by atoms with E-state index >= 15 is 0 Å². The van der Waals surface area contributed by atoms with E-state index in [0.29, 0.717) is 5.69 Å². The standard InChI is InChI=1S/C19H17N5O/c1-12(18-21-14-9-5-6-10-15(14)22-18)20-19(25)17-11-16(23-24-17)13-7-3-2-4-8-13/h2-12H,1H3,(H,20,25)(H,21,22)(H,23,24). The number of aromatic nitrogens is 4. The topological polar surface area (TPSA) is 86.5 Å². The summed E-state index contributed by atoms with van der Waals surface area (Å²) in [5.74, 6) is 0.500. The molecule has 6 nitrogen and oxygen atoms in total. The van der Waals surface area contributed by atoms with Crippen molar-refractivity contribution in [3.05, 3.63) is 72.2 Å². The molecule has 25 heavy (non-hydrogen) atoms. The van der Waals surface area contributed by atoms with Gasteiger partial charge in [0.05, 0.1) is 22.8 Å². The number of carbonyl (C=O) groups excluding carboxylic acids is 1. The molecule has 0 aliphatic rings. The van der Waals surface area contributed by atoms with Gasteiger partial charge in [-0.15, -0.1) is 0 Å². The number of nitrogens with zero attached hydrogens (tertiary/aromatic N) is 2. The van der Waals surface area contributed by atoms with Crippen LogP contribution in [0.3, 0.4) is 0 Å². The van der Waals surface area contributed by atoms with E-state index in [1.54, 1.807) is 6.07 Å². The van der Waals surface area contributed by atoms with Crippen LogP contribution >= 0.6 is 0 Å². The van der Waals surface area contributed by atoms with Crippen LogP contribution in [-0.4, -0.2) is 26.1 Å². The number of benzene rings is 2. The first-order chi connectivity index (χ1) is 12.2. The summed E-state index contributed by atoms with van der Waals surface area (Å²) in [6.07, 6.45) is 0. The van der Waals surface area contributed by atoms with Gasteiger partial charge >= 0.3 is 0 Å². The Hall–Kier alpha value is -3.41. The summed E-state index contributed by atoms with van der Waals surface area (Å²) in [5, 5.41) is 9.94. The van der Waals surface area contributed by atoms with Crippen molar-refractivity contribution in [1.29, 1.82) is 0 Å². The minimum absolute atomic E-state index is 0.220. The fraction of sp³-hybridized carbons (Fsp3) is 0.105. The lowest BCUT2D eigenvalue weighted by Gasteiger charge is -2.10. The van der Waals surface area contributed by atoms with Crippen LogP contribution in [0.2, 0.25) is 0 Å². The fourth-order valence-corrected chi connectivity index (χ4v) is 2.72. The van der Waals surface area contributed by atoms with E-state index in [4.69, 9.17) is 0 Å². The molecule has 3 N–H and O–H groups in total. The van der Waals surface area contributed by atoms with Crippen LogP contribution in [0.4, 0.5) is 0 Å². The van der Waals surface area contributed by atoms with E-state index in [1.165, 1.54) is 0 Å². The molecule has 2 aromatic heterocycles. The molecular formula is C19H17N5O. The van der Waals surface area contributed by atoms with Gasteiger partial charge in [-0.05, 0) is 25.1 Å². The van der Waals surface area contributed by atoms with Crippen LogP contribution in [0, 0.1) is 0 Å². The van der Waals surface area contributed by atoms with Crippen molar-refractivity contribution in [2.24, 2.45) is 0 Å². The van der Waals surface area contributed by atoms with Crippen LogP contribution in [0.5, 0.6) is 0 Å². The monoisotopic (exact) mass is 331 g/mol. The number of hydrogen-bond donors (Lipinski definition) is 3. The molecule has 0 bridgehead atoms. The molecule has 0 aliphatic carbocycles. The van der Waals surface area contributed by atoms with E-state index in [-0.39, 0.29) is 11.9 Å². The molecule has 0 fully saturated rings. The molecule has 0 radical (unpaired) electrons. The average Bonchev–Trinajstić information content (AvgIpc) is 3.29. The quantitative estimate of drug-likeness (QED) is 0.535. The number of nitrogens with one attached hydrogen (secondary N) is 3. The predicted molar refractivity (Wildman–Crippen MR) is 96.0 cm³/mol. The van der Waals surface area contributed by atoms with Crippen LogP contribution in [0.15, 0.2) is 60.7 Å². The SMILES string of the molecule is CC(NC(=O)c1cc(-c2ccccc2)n[nH]1)c1nc2ccccc2[nH]1. The highest BCUT2D eigenvalue weighted by Gasteiger charge is 2.16.